The van der Waals surface area contributed by atoms with E-state index in [1.54, 1.807) is 18.2 Å². The van der Waals surface area contributed by atoms with E-state index in [0.717, 1.165) is 12.0 Å². The molecule has 0 saturated carbocycles. The first-order valence-electron chi connectivity index (χ1n) is 9.20. The quantitative estimate of drug-likeness (QED) is 0.785. The summed E-state index contributed by atoms with van der Waals surface area (Å²) >= 11 is 0. The van der Waals surface area contributed by atoms with Crippen molar-refractivity contribution in [2.75, 3.05) is 5.32 Å². The fourth-order valence-electron chi connectivity index (χ4n) is 4.50. The number of amides is 2. The third-order valence-corrected chi connectivity index (χ3v) is 5.60. The van der Waals surface area contributed by atoms with E-state index in [4.69, 9.17) is 4.74 Å². The zero-order valence-corrected chi connectivity index (χ0v) is 14.5. The van der Waals surface area contributed by atoms with Crippen molar-refractivity contribution in [3.63, 3.8) is 0 Å². The van der Waals surface area contributed by atoms with Crippen LogP contribution in [-0.4, -0.2) is 30.1 Å². The molecule has 134 valence electrons. The lowest BCUT2D eigenvalue weighted by atomic mass is 9.87. The molecule has 2 bridgehead atoms. The summed E-state index contributed by atoms with van der Waals surface area (Å²) in [6, 6.07) is 6.82. The van der Waals surface area contributed by atoms with Crippen molar-refractivity contribution >= 4 is 17.7 Å². The van der Waals surface area contributed by atoms with Crippen LogP contribution >= 0.6 is 0 Å². The van der Waals surface area contributed by atoms with Gasteiger partial charge in [0.05, 0.1) is 5.69 Å². The number of nitrogens with one attached hydrogen (secondary N) is 3. The Morgan fingerprint density at radius 1 is 1.32 bits per heavy atom. The zero-order chi connectivity index (χ0) is 17.4. The monoisotopic (exact) mass is 343 g/mol. The highest BCUT2D eigenvalue weighted by molar-refractivity contribution is 5.96. The van der Waals surface area contributed by atoms with Crippen LogP contribution in [0.1, 0.15) is 54.9 Å². The molecule has 0 radical (unpaired) electrons. The second kappa shape index (κ2) is 6.67. The summed E-state index contributed by atoms with van der Waals surface area (Å²) in [7, 11) is 0. The minimum absolute atomic E-state index is 0.0656. The average molecular weight is 343 g/mol. The van der Waals surface area contributed by atoms with Crippen LogP contribution in [0.4, 0.5) is 10.5 Å². The number of fused-ring (bicyclic) bond motifs is 3. The van der Waals surface area contributed by atoms with E-state index >= 15 is 0 Å². The van der Waals surface area contributed by atoms with Crippen molar-refractivity contribution in [3.05, 3.63) is 29.3 Å². The van der Waals surface area contributed by atoms with Crippen LogP contribution in [0.25, 0.3) is 0 Å². The highest BCUT2D eigenvalue weighted by atomic mass is 16.5. The van der Waals surface area contributed by atoms with Crippen LogP contribution in [0.2, 0.25) is 0 Å². The first-order valence-corrected chi connectivity index (χ1v) is 9.20. The number of anilines is 1. The summed E-state index contributed by atoms with van der Waals surface area (Å²) in [5.74, 6) is 0.630. The maximum Gasteiger partial charge on any atom is 0.411 e. The van der Waals surface area contributed by atoms with E-state index in [0.29, 0.717) is 29.3 Å². The number of cyclic esters (lactones) is 1. The molecule has 3 aliphatic heterocycles. The Morgan fingerprint density at radius 3 is 2.84 bits per heavy atom. The second-order valence-electron chi connectivity index (χ2n) is 7.66. The van der Waals surface area contributed by atoms with Crippen molar-refractivity contribution in [2.24, 2.45) is 5.92 Å². The maximum absolute atomic E-state index is 12.5. The zero-order valence-electron chi connectivity index (χ0n) is 14.5. The molecular weight excluding hydrogens is 318 g/mol. The van der Waals surface area contributed by atoms with Crippen molar-refractivity contribution in [3.8, 4) is 0 Å². The number of benzene rings is 1. The molecule has 0 aromatic heterocycles. The van der Waals surface area contributed by atoms with Crippen molar-refractivity contribution < 1.29 is 14.3 Å². The van der Waals surface area contributed by atoms with Crippen molar-refractivity contribution in [1.82, 2.24) is 10.6 Å². The van der Waals surface area contributed by atoms with E-state index in [9.17, 15) is 9.59 Å². The van der Waals surface area contributed by atoms with Gasteiger partial charge in [0, 0.05) is 29.3 Å². The van der Waals surface area contributed by atoms with Gasteiger partial charge in [-0.15, -0.1) is 0 Å². The molecule has 2 amide bonds. The van der Waals surface area contributed by atoms with Gasteiger partial charge in [-0.3, -0.25) is 10.1 Å². The molecule has 2 fully saturated rings. The third-order valence-electron chi connectivity index (χ3n) is 5.60. The molecule has 3 heterocycles. The van der Waals surface area contributed by atoms with Gasteiger partial charge in [-0.25, -0.2) is 4.79 Å². The predicted octanol–water partition coefficient (Wildman–Crippen LogP) is 2.79. The largest absolute Gasteiger partial charge is 0.444 e. The molecule has 6 nitrogen and oxygen atoms in total. The van der Waals surface area contributed by atoms with Crippen LogP contribution < -0.4 is 16.0 Å². The van der Waals surface area contributed by atoms with E-state index in [2.05, 4.69) is 22.9 Å². The molecule has 25 heavy (non-hydrogen) atoms. The molecule has 2 saturated heterocycles. The van der Waals surface area contributed by atoms with E-state index < -0.39 is 6.09 Å². The molecule has 0 spiro atoms. The third kappa shape index (κ3) is 3.63. The highest BCUT2D eigenvalue weighted by Crippen LogP contribution is 2.33. The van der Waals surface area contributed by atoms with Crippen LogP contribution in [0.3, 0.4) is 0 Å². The minimum atomic E-state index is -0.450. The number of carbonyl (C=O) groups is 2. The molecule has 0 aliphatic carbocycles. The van der Waals surface area contributed by atoms with Gasteiger partial charge in [0.2, 0.25) is 0 Å². The summed E-state index contributed by atoms with van der Waals surface area (Å²) in [5, 5.41) is 9.42. The van der Waals surface area contributed by atoms with Crippen molar-refractivity contribution in [1.29, 1.82) is 0 Å². The van der Waals surface area contributed by atoms with Gasteiger partial charge in [-0.1, -0.05) is 0 Å². The van der Waals surface area contributed by atoms with Gasteiger partial charge < -0.3 is 15.4 Å². The number of hydrogen-bond acceptors (Lipinski definition) is 4. The fourth-order valence-corrected chi connectivity index (χ4v) is 4.50. The van der Waals surface area contributed by atoms with Gasteiger partial charge in [0.15, 0.2) is 0 Å². The standard InChI is InChI=1S/C19H25N3O3/c1-11(6-12-7-15-3-4-16(8-12)21-15)20-18(23)13-2-5-17-14(9-13)10-25-19(24)22-17/h2,5,9,11-12,15-16,21H,3-4,6-8,10H2,1H3,(H,20,23)(H,22,24). The molecule has 3 atom stereocenters. The number of ether oxygens (including phenoxy) is 1. The van der Waals surface area contributed by atoms with Crippen LogP contribution in [0.15, 0.2) is 18.2 Å². The Balaban J connectivity index is 1.34. The van der Waals surface area contributed by atoms with Gasteiger partial charge in [-0.05, 0) is 63.1 Å². The SMILES string of the molecule is CC(CC1CC2CCC(C1)N2)NC(=O)c1ccc2c(c1)COC(=O)N2. The van der Waals surface area contributed by atoms with Gasteiger partial charge in [0.25, 0.3) is 5.91 Å². The van der Waals surface area contributed by atoms with E-state index in [1.165, 1.54) is 25.7 Å². The lowest BCUT2D eigenvalue weighted by molar-refractivity contribution is 0.0932. The summed E-state index contributed by atoms with van der Waals surface area (Å²) in [5.41, 5.74) is 2.15. The highest BCUT2D eigenvalue weighted by Gasteiger charge is 2.34. The molecule has 3 unspecified atom stereocenters. The Kier molecular flexibility index (Phi) is 4.37. The summed E-state index contributed by atoms with van der Waals surface area (Å²) in [6.45, 7) is 2.29. The lowest BCUT2D eigenvalue weighted by Crippen LogP contribution is -2.41. The lowest BCUT2D eigenvalue weighted by Gasteiger charge is -2.31. The summed E-state index contributed by atoms with van der Waals surface area (Å²) < 4.78 is 4.96. The smallest absolute Gasteiger partial charge is 0.411 e. The van der Waals surface area contributed by atoms with Crippen LogP contribution in [-0.2, 0) is 11.3 Å². The number of piperidine rings is 1. The molecular formula is C19H25N3O3. The van der Waals surface area contributed by atoms with Crippen LogP contribution in [0, 0.1) is 5.92 Å². The molecule has 1 aromatic rings. The first kappa shape index (κ1) is 16.4. The van der Waals surface area contributed by atoms with E-state index in [1.807, 2.05) is 0 Å². The second-order valence-corrected chi connectivity index (χ2v) is 7.66. The average Bonchev–Trinajstić information content (AvgIpc) is 2.92. The molecule has 6 heteroatoms. The van der Waals surface area contributed by atoms with E-state index in [-0.39, 0.29) is 18.6 Å². The van der Waals surface area contributed by atoms with Gasteiger partial charge >= 0.3 is 6.09 Å². The summed E-state index contributed by atoms with van der Waals surface area (Å²) in [4.78, 5) is 23.7. The van der Waals surface area contributed by atoms with Gasteiger partial charge in [-0.2, -0.15) is 0 Å². The Morgan fingerprint density at radius 2 is 2.08 bits per heavy atom. The molecule has 3 N–H and O–H groups in total. The Bertz CT molecular complexity index is 678. The minimum Gasteiger partial charge on any atom is -0.444 e. The summed E-state index contributed by atoms with van der Waals surface area (Å²) in [6.07, 6.45) is 5.64. The van der Waals surface area contributed by atoms with Crippen molar-refractivity contribution in [2.45, 2.75) is 63.8 Å². The molecule has 1 aromatic carbocycles. The Labute approximate surface area is 147 Å². The first-order chi connectivity index (χ1) is 12.1. The molecule has 3 aliphatic rings. The number of rotatable bonds is 4. The maximum atomic E-state index is 12.5. The van der Waals surface area contributed by atoms with Crippen LogP contribution in [0.5, 0.6) is 0 Å². The normalized spacial score (nSPS) is 28.5. The molecule has 4 rings (SSSR count). The van der Waals surface area contributed by atoms with Gasteiger partial charge in [0.1, 0.15) is 6.61 Å². The Hall–Kier alpha value is -2.08. The predicted molar refractivity (Wildman–Crippen MR) is 94.5 cm³/mol. The fraction of sp³-hybridized carbons (Fsp3) is 0.579. The topological polar surface area (TPSA) is 79.5 Å². The number of carbonyl (C=O) groups excluding carboxylic acids is 2. The number of hydrogen-bond donors (Lipinski definition) is 3.